The van der Waals surface area contributed by atoms with E-state index in [4.69, 9.17) is 13.8 Å². The number of aromatic nitrogens is 1. The van der Waals surface area contributed by atoms with Gasteiger partial charge in [0.25, 0.3) is 0 Å². The third-order valence-electron chi connectivity index (χ3n) is 11.7. The van der Waals surface area contributed by atoms with Crippen LogP contribution in [0.2, 0.25) is 0 Å². The van der Waals surface area contributed by atoms with Crippen LogP contribution in [0.4, 0.5) is 0 Å². The van der Waals surface area contributed by atoms with E-state index in [0.717, 1.165) is 74.4 Å². The van der Waals surface area contributed by atoms with Crippen molar-refractivity contribution in [1.82, 2.24) is 4.98 Å². The summed E-state index contributed by atoms with van der Waals surface area (Å²) in [5.74, 6) is 0.123. The van der Waals surface area contributed by atoms with Gasteiger partial charge in [0, 0.05) is 37.9 Å². The first-order valence-electron chi connectivity index (χ1n) is 18.2. The summed E-state index contributed by atoms with van der Waals surface area (Å²) in [6.45, 7) is 2.31. The Morgan fingerprint density at radius 1 is 0.692 bits per heavy atom. The van der Waals surface area contributed by atoms with Gasteiger partial charge in [-0.05, 0) is 113 Å². The lowest BCUT2D eigenvalue weighted by molar-refractivity contribution is 0.663. The Balaban J connectivity index is 1.12. The first-order chi connectivity index (χ1) is 25.7. The Labute approximate surface area is 303 Å². The van der Waals surface area contributed by atoms with Gasteiger partial charge in [-0.1, -0.05) is 84.9 Å². The summed E-state index contributed by atoms with van der Waals surface area (Å²) in [6.07, 6.45) is 7.77. The largest absolute Gasteiger partial charge is 0.456 e. The molecule has 246 valence electrons. The third-order valence-corrected chi connectivity index (χ3v) is 12.9. The van der Waals surface area contributed by atoms with Gasteiger partial charge in [-0.3, -0.25) is 4.98 Å². The van der Waals surface area contributed by atoms with Crippen LogP contribution in [0.25, 0.3) is 93.2 Å². The fraction of sp³-hybridized carbons (Fsp3) is 0.104. The first-order valence-corrected chi connectivity index (χ1v) is 19.0. The maximum Gasteiger partial charge on any atom is 0.147 e. The molecule has 0 amide bonds. The zero-order chi connectivity index (χ0) is 34.1. The lowest BCUT2D eigenvalue weighted by atomic mass is 9.75. The lowest BCUT2D eigenvalue weighted by Crippen LogP contribution is -2.16. The zero-order valence-corrected chi connectivity index (χ0v) is 29.3. The molecule has 0 bridgehead atoms. The van der Waals surface area contributed by atoms with Crippen molar-refractivity contribution >= 4 is 82.1 Å². The van der Waals surface area contributed by atoms with E-state index in [1.54, 1.807) is 0 Å². The minimum absolute atomic E-state index is 0.123. The van der Waals surface area contributed by atoms with Crippen LogP contribution in [0, 0.1) is 6.92 Å². The van der Waals surface area contributed by atoms with E-state index in [1.807, 2.05) is 23.5 Å². The van der Waals surface area contributed by atoms with Gasteiger partial charge in [0.05, 0.1) is 21.5 Å². The van der Waals surface area contributed by atoms with Crippen molar-refractivity contribution in [3.63, 3.8) is 0 Å². The van der Waals surface area contributed by atoms with E-state index >= 15 is 0 Å². The Bertz CT molecular complexity index is 3190. The smallest absolute Gasteiger partial charge is 0.147 e. The molecule has 52 heavy (non-hydrogen) atoms. The fourth-order valence-electron chi connectivity index (χ4n) is 9.23. The number of fused-ring (bicyclic) bond motifs is 14. The number of aryl methyl sites for hydroxylation is 2. The number of hydrogen-bond acceptors (Lipinski definition) is 4. The number of thiophene rings is 1. The normalized spacial score (nSPS) is 15.3. The monoisotopic (exact) mass is 685 g/mol. The summed E-state index contributed by atoms with van der Waals surface area (Å²) in [6, 6.07) is 41.6. The summed E-state index contributed by atoms with van der Waals surface area (Å²) >= 11 is 1.92. The molecule has 2 aliphatic rings. The van der Waals surface area contributed by atoms with Crippen LogP contribution in [0.5, 0.6) is 0 Å². The molecule has 0 fully saturated rings. The van der Waals surface area contributed by atoms with E-state index < -0.39 is 0 Å². The highest BCUT2D eigenvalue weighted by molar-refractivity contribution is 7.20. The molecule has 0 saturated carbocycles. The number of nitrogens with zero attached hydrogens (tertiary/aromatic N) is 1. The van der Waals surface area contributed by atoms with Gasteiger partial charge in [-0.15, -0.1) is 11.3 Å². The SMILES string of the molecule is Cc1c(C2Cc3ccccc3-c3cc4ccccc4cc32)nc(-c2ccc3c(c2)oc2c3ccc3oc4ccccc4c32)c2sc3c(c12)C=CCC3. The molecule has 0 spiro atoms. The number of rotatable bonds is 2. The first kappa shape index (κ1) is 28.7. The molecule has 10 aromatic rings. The van der Waals surface area contributed by atoms with Crippen LogP contribution in [0.3, 0.4) is 0 Å². The predicted molar refractivity (Wildman–Crippen MR) is 217 cm³/mol. The molecule has 12 rings (SSSR count). The number of pyridine rings is 1. The van der Waals surface area contributed by atoms with Crippen LogP contribution >= 0.6 is 11.3 Å². The predicted octanol–water partition coefficient (Wildman–Crippen LogP) is 13.5. The van der Waals surface area contributed by atoms with Gasteiger partial charge in [0.15, 0.2) is 0 Å². The Hall–Kier alpha value is -5.97. The van der Waals surface area contributed by atoms with Crippen LogP contribution < -0.4 is 0 Å². The van der Waals surface area contributed by atoms with E-state index in [2.05, 4.69) is 122 Å². The van der Waals surface area contributed by atoms with Crippen molar-refractivity contribution in [1.29, 1.82) is 0 Å². The third kappa shape index (κ3) is 3.93. The highest BCUT2D eigenvalue weighted by Gasteiger charge is 2.31. The molecule has 0 N–H and O–H groups in total. The van der Waals surface area contributed by atoms with Gasteiger partial charge in [-0.25, -0.2) is 0 Å². The number of hydrogen-bond donors (Lipinski definition) is 0. The standard InChI is InChI=1S/C48H31NO2S/c1-26-43-35-15-7-9-17-42(35)52-48(43)46(30-18-19-32-33-20-21-40-44(47(33)51-41(32)25-30)34-14-6-8-16-39(34)50-40)49-45(26)38-24-29-12-4-5-13-31(29)36-22-27-10-2-3-11-28(27)23-37(36)38/h2-8,10-16,18-23,25,38H,9,17,24H2,1H3. The molecule has 0 aliphatic heterocycles. The second-order valence-electron chi connectivity index (χ2n) is 14.5. The Morgan fingerprint density at radius 2 is 1.52 bits per heavy atom. The van der Waals surface area contributed by atoms with Crippen LogP contribution in [-0.2, 0) is 12.8 Å². The molecule has 4 heteroatoms. The summed E-state index contributed by atoms with van der Waals surface area (Å²) in [5.41, 5.74) is 14.8. The van der Waals surface area contributed by atoms with E-state index in [9.17, 15) is 0 Å². The molecule has 1 unspecified atom stereocenters. The molecule has 2 aliphatic carbocycles. The van der Waals surface area contributed by atoms with E-state index in [1.165, 1.54) is 64.8 Å². The maximum atomic E-state index is 6.79. The summed E-state index contributed by atoms with van der Waals surface area (Å²) in [4.78, 5) is 7.22. The Morgan fingerprint density at radius 3 is 2.46 bits per heavy atom. The van der Waals surface area contributed by atoms with Crippen molar-refractivity contribution in [2.75, 3.05) is 0 Å². The van der Waals surface area contributed by atoms with Gasteiger partial charge in [-0.2, -0.15) is 0 Å². The number of allylic oxidation sites excluding steroid dienone is 1. The highest BCUT2D eigenvalue weighted by Crippen LogP contribution is 2.49. The number of para-hydroxylation sites is 1. The lowest BCUT2D eigenvalue weighted by Gasteiger charge is -2.30. The molecule has 0 saturated heterocycles. The van der Waals surface area contributed by atoms with Crippen LogP contribution in [0.1, 0.15) is 45.2 Å². The molecular formula is C48H31NO2S. The summed E-state index contributed by atoms with van der Waals surface area (Å²) in [5, 5.41) is 8.22. The molecular weight excluding hydrogens is 655 g/mol. The quantitative estimate of drug-likeness (QED) is 0.182. The van der Waals surface area contributed by atoms with Crippen LogP contribution in [-0.4, -0.2) is 4.98 Å². The van der Waals surface area contributed by atoms with E-state index in [0.29, 0.717) is 0 Å². The van der Waals surface area contributed by atoms with Crippen molar-refractivity contribution in [3.8, 4) is 22.4 Å². The minimum Gasteiger partial charge on any atom is -0.456 e. The van der Waals surface area contributed by atoms with Crippen molar-refractivity contribution in [2.24, 2.45) is 0 Å². The van der Waals surface area contributed by atoms with Crippen LogP contribution in [0.15, 0.2) is 130 Å². The topological polar surface area (TPSA) is 39.2 Å². The maximum absolute atomic E-state index is 6.79. The molecule has 4 heterocycles. The average molecular weight is 686 g/mol. The van der Waals surface area contributed by atoms with Gasteiger partial charge < -0.3 is 8.83 Å². The molecule has 1 atom stereocenters. The van der Waals surface area contributed by atoms with Gasteiger partial charge in [0.2, 0.25) is 0 Å². The van der Waals surface area contributed by atoms with E-state index in [-0.39, 0.29) is 5.92 Å². The Kier molecular flexibility index (Phi) is 5.81. The summed E-state index contributed by atoms with van der Waals surface area (Å²) in [7, 11) is 0. The van der Waals surface area contributed by atoms with Gasteiger partial charge >= 0.3 is 0 Å². The minimum atomic E-state index is 0.123. The fourth-order valence-corrected chi connectivity index (χ4v) is 10.6. The second kappa shape index (κ2) is 10.5. The molecule has 6 aromatic carbocycles. The number of benzene rings is 6. The zero-order valence-electron chi connectivity index (χ0n) is 28.5. The van der Waals surface area contributed by atoms with Crippen molar-refractivity contribution < 1.29 is 8.83 Å². The molecule has 3 nitrogen and oxygen atoms in total. The number of furan rings is 2. The van der Waals surface area contributed by atoms with Gasteiger partial charge in [0.1, 0.15) is 22.3 Å². The molecule has 0 radical (unpaired) electrons. The molecule has 4 aromatic heterocycles. The van der Waals surface area contributed by atoms with Crippen molar-refractivity contribution in [2.45, 2.75) is 32.1 Å². The van der Waals surface area contributed by atoms with Crippen molar-refractivity contribution in [3.05, 3.63) is 154 Å². The summed E-state index contributed by atoms with van der Waals surface area (Å²) < 4.78 is 14.3. The second-order valence-corrected chi connectivity index (χ2v) is 15.6. The highest BCUT2D eigenvalue weighted by atomic mass is 32.1. The average Bonchev–Trinajstić information content (AvgIpc) is 3.88.